The summed E-state index contributed by atoms with van der Waals surface area (Å²) in [7, 11) is -3.65. The van der Waals surface area contributed by atoms with Crippen LogP contribution >= 0.6 is 11.3 Å². The van der Waals surface area contributed by atoms with Gasteiger partial charge in [0.05, 0.1) is 12.7 Å². The number of rotatable bonds is 7. The molecule has 114 valence electrons. The Morgan fingerprint density at radius 3 is 2.90 bits per heavy atom. The van der Waals surface area contributed by atoms with E-state index in [0.717, 1.165) is 6.54 Å². The van der Waals surface area contributed by atoms with Crippen molar-refractivity contribution in [1.82, 2.24) is 25.3 Å². The summed E-state index contributed by atoms with van der Waals surface area (Å²) in [6.07, 6.45) is 5.31. The molecule has 0 aromatic carbocycles. The first kappa shape index (κ1) is 14.4. The third kappa shape index (κ3) is 3.77. The van der Waals surface area contributed by atoms with Gasteiger partial charge in [0.1, 0.15) is 9.90 Å². The summed E-state index contributed by atoms with van der Waals surface area (Å²) in [4.78, 5) is 0.127. The van der Waals surface area contributed by atoms with Crippen LogP contribution in [0.1, 0.15) is 17.8 Å². The molecule has 2 aromatic heterocycles. The molecule has 0 aliphatic heterocycles. The Hall–Kier alpha value is -1.52. The molecule has 10 heteroatoms. The number of hydrogen-bond acceptors (Lipinski definition) is 7. The van der Waals surface area contributed by atoms with E-state index in [1.54, 1.807) is 11.6 Å². The Balaban J connectivity index is 1.62. The lowest BCUT2D eigenvalue weighted by molar-refractivity contribution is 0.552. The second-order valence-corrected chi connectivity index (χ2v) is 7.76. The van der Waals surface area contributed by atoms with Crippen molar-refractivity contribution in [1.29, 1.82) is 0 Å². The lowest BCUT2D eigenvalue weighted by Crippen LogP contribution is -2.22. The number of aryl methyl sites for hydroxylation is 1. The van der Waals surface area contributed by atoms with Crippen LogP contribution in [0.3, 0.4) is 0 Å². The molecule has 0 bridgehead atoms. The van der Waals surface area contributed by atoms with Crippen LogP contribution in [-0.4, -0.2) is 41.0 Å². The van der Waals surface area contributed by atoms with E-state index in [4.69, 9.17) is 0 Å². The molecule has 1 fully saturated rings. The summed E-state index contributed by atoms with van der Waals surface area (Å²) < 4.78 is 28.4. The first-order valence-corrected chi connectivity index (χ1v) is 8.92. The smallest absolute Gasteiger partial charge is 0.266 e. The topological polar surface area (TPSA) is 102 Å². The fraction of sp³-hybridized carbons (Fsp3) is 0.545. The number of hydrogen-bond donors (Lipinski definition) is 2. The minimum absolute atomic E-state index is 0.127. The van der Waals surface area contributed by atoms with E-state index in [-0.39, 0.29) is 10.0 Å². The highest BCUT2D eigenvalue weighted by Crippen LogP contribution is 2.19. The first-order chi connectivity index (χ1) is 10.0. The van der Waals surface area contributed by atoms with Crippen LogP contribution in [0.4, 0.5) is 5.13 Å². The van der Waals surface area contributed by atoms with Crippen LogP contribution in [0, 0.1) is 6.92 Å². The molecular formula is C11H16N6O2S2. The number of nitrogens with one attached hydrogen (secondary N) is 2. The van der Waals surface area contributed by atoms with Crippen LogP contribution < -0.4 is 10.0 Å². The molecule has 1 aliphatic carbocycles. The van der Waals surface area contributed by atoms with E-state index in [9.17, 15) is 8.42 Å². The van der Waals surface area contributed by atoms with Gasteiger partial charge in [0.25, 0.3) is 10.0 Å². The molecule has 21 heavy (non-hydrogen) atoms. The molecule has 0 atom stereocenters. The Morgan fingerprint density at radius 1 is 1.43 bits per heavy atom. The molecule has 3 rings (SSSR count). The third-order valence-corrected chi connectivity index (χ3v) is 5.20. The van der Waals surface area contributed by atoms with E-state index in [1.165, 1.54) is 36.6 Å². The van der Waals surface area contributed by atoms with Crippen molar-refractivity contribution in [3.63, 3.8) is 0 Å². The summed E-state index contributed by atoms with van der Waals surface area (Å²) >= 11 is 1.19. The van der Waals surface area contributed by atoms with Crippen LogP contribution in [0.15, 0.2) is 17.3 Å². The molecule has 1 aliphatic rings. The first-order valence-electron chi connectivity index (χ1n) is 6.62. The Bertz CT molecular complexity index is 719. The fourth-order valence-corrected chi connectivity index (χ4v) is 3.56. The largest absolute Gasteiger partial charge is 0.312 e. The van der Waals surface area contributed by atoms with Gasteiger partial charge in [-0.3, -0.25) is 9.40 Å². The van der Waals surface area contributed by atoms with Crippen molar-refractivity contribution in [2.45, 2.75) is 37.2 Å². The number of anilines is 1. The number of sulfonamides is 1. The number of nitrogens with zero attached hydrogens (tertiary/aromatic N) is 4. The van der Waals surface area contributed by atoms with Gasteiger partial charge < -0.3 is 5.32 Å². The third-order valence-electron chi connectivity index (χ3n) is 3.02. The molecule has 2 N–H and O–H groups in total. The molecular weight excluding hydrogens is 312 g/mol. The second kappa shape index (κ2) is 5.70. The lowest BCUT2D eigenvalue weighted by Gasteiger charge is -2.03. The summed E-state index contributed by atoms with van der Waals surface area (Å²) in [6, 6.07) is 0.631. The quantitative estimate of drug-likeness (QED) is 0.771. The van der Waals surface area contributed by atoms with E-state index in [0.29, 0.717) is 17.6 Å². The Morgan fingerprint density at radius 2 is 2.24 bits per heavy atom. The van der Waals surface area contributed by atoms with E-state index >= 15 is 0 Å². The lowest BCUT2D eigenvalue weighted by atomic mass is 10.6. The van der Waals surface area contributed by atoms with E-state index in [1.807, 2.05) is 0 Å². The van der Waals surface area contributed by atoms with Crippen LogP contribution in [0.2, 0.25) is 0 Å². The zero-order valence-corrected chi connectivity index (χ0v) is 13.1. The van der Waals surface area contributed by atoms with Gasteiger partial charge in [0.15, 0.2) is 0 Å². The van der Waals surface area contributed by atoms with Crippen LogP contribution in [0.5, 0.6) is 0 Å². The SMILES string of the molecule is Cc1nnc(NS(=O)(=O)c2cnn(CCNC3CC3)c2)s1. The summed E-state index contributed by atoms with van der Waals surface area (Å²) in [5, 5.41) is 15.9. The number of aromatic nitrogens is 4. The molecule has 1 saturated carbocycles. The maximum atomic E-state index is 12.2. The van der Waals surface area contributed by atoms with Gasteiger partial charge in [-0.25, -0.2) is 8.42 Å². The van der Waals surface area contributed by atoms with E-state index < -0.39 is 10.0 Å². The van der Waals surface area contributed by atoms with Gasteiger partial charge in [0.2, 0.25) is 5.13 Å². The maximum Gasteiger partial charge on any atom is 0.266 e. The molecule has 0 radical (unpaired) electrons. The molecule has 0 unspecified atom stereocenters. The Kier molecular flexibility index (Phi) is 3.91. The van der Waals surface area contributed by atoms with Crippen molar-refractivity contribution < 1.29 is 8.42 Å². The molecule has 2 aromatic rings. The summed E-state index contributed by atoms with van der Waals surface area (Å²) in [6.45, 7) is 3.19. The highest BCUT2D eigenvalue weighted by molar-refractivity contribution is 7.93. The van der Waals surface area contributed by atoms with Gasteiger partial charge in [-0.2, -0.15) is 5.10 Å². The van der Waals surface area contributed by atoms with Crippen molar-refractivity contribution >= 4 is 26.5 Å². The predicted octanol–water partition coefficient (Wildman–Crippen LogP) is 0.596. The van der Waals surface area contributed by atoms with Crippen molar-refractivity contribution in [2.75, 3.05) is 11.3 Å². The standard InChI is InChI=1S/C11H16N6O2S2/c1-8-14-15-11(20-8)16-21(18,19)10-6-13-17(7-10)5-4-12-9-2-3-9/h6-7,9,12H,2-5H2,1H3,(H,15,16). The minimum Gasteiger partial charge on any atom is -0.312 e. The van der Waals surface area contributed by atoms with Gasteiger partial charge in [0, 0.05) is 18.8 Å². The van der Waals surface area contributed by atoms with Gasteiger partial charge in [-0.05, 0) is 19.8 Å². The van der Waals surface area contributed by atoms with Crippen molar-refractivity contribution in [3.8, 4) is 0 Å². The predicted molar refractivity (Wildman–Crippen MR) is 78.7 cm³/mol. The normalized spacial score (nSPS) is 15.3. The van der Waals surface area contributed by atoms with Gasteiger partial charge >= 0.3 is 0 Å². The van der Waals surface area contributed by atoms with E-state index in [2.05, 4.69) is 25.3 Å². The van der Waals surface area contributed by atoms with Gasteiger partial charge in [-0.15, -0.1) is 10.2 Å². The minimum atomic E-state index is -3.65. The monoisotopic (exact) mass is 328 g/mol. The average molecular weight is 328 g/mol. The molecule has 0 saturated heterocycles. The van der Waals surface area contributed by atoms with Crippen LogP contribution in [0.25, 0.3) is 0 Å². The van der Waals surface area contributed by atoms with Crippen molar-refractivity contribution in [2.24, 2.45) is 0 Å². The van der Waals surface area contributed by atoms with Crippen LogP contribution in [-0.2, 0) is 16.6 Å². The highest BCUT2D eigenvalue weighted by Gasteiger charge is 2.21. The maximum absolute atomic E-state index is 12.2. The average Bonchev–Trinajstić information content (AvgIpc) is 2.94. The zero-order valence-electron chi connectivity index (χ0n) is 11.5. The molecule has 2 heterocycles. The summed E-state index contributed by atoms with van der Waals surface area (Å²) in [5.41, 5.74) is 0. The summed E-state index contributed by atoms with van der Waals surface area (Å²) in [5.74, 6) is 0. The zero-order chi connectivity index (χ0) is 14.9. The molecule has 0 spiro atoms. The molecule has 8 nitrogen and oxygen atoms in total. The fourth-order valence-electron chi connectivity index (χ4n) is 1.79. The highest BCUT2D eigenvalue weighted by atomic mass is 32.2. The second-order valence-electron chi connectivity index (χ2n) is 4.90. The molecule has 0 amide bonds. The van der Waals surface area contributed by atoms with Crippen molar-refractivity contribution in [3.05, 3.63) is 17.4 Å². The van der Waals surface area contributed by atoms with Gasteiger partial charge in [-0.1, -0.05) is 11.3 Å². The Labute approximate surface area is 126 Å².